The molecule has 3 N–H and O–H groups in total. The fraction of sp³-hybridized carbons (Fsp3) is 1.00. The molecule has 0 heterocycles. The zero-order valence-electron chi connectivity index (χ0n) is 5.22. The van der Waals surface area contributed by atoms with E-state index in [1.165, 1.54) is 0 Å². The molecule has 1 aliphatic rings. The summed E-state index contributed by atoms with van der Waals surface area (Å²) in [5.74, 6) is 0. The Bertz CT molecular complexity index is 90.5. The van der Waals surface area contributed by atoms with E-state index >= 15 is 0 Å². The summed E-state index contributed by atoms with van der Waals surface area (Å²) in [6, 6.07) is 0.241. The predicted molar refractivity (Wildman–Crippen MR) is 32.5 cm³/mol. The van der Waals surface area contributed by atoms with Crippen molar-refractivity contribution in [2.24, 2.45) is 5.73 Å². The van der Waals surface area contributed by atoms with E-state index in [0.717, 1.165) is 19.3 Å². The first-order chi connectivity index (χ1) is 3.60. The lowest BCUT2D eigenvalue weighted by Gasteiger charge is -2.13. The average molecular weight is 115 g/mol. The number of hydrogen-bond acceptors (Lipinski definition) is 2. The fourth-order valence-corrected chi connectivity index (χ4v) is 1.27. The van der Waals surface area contributed by atoms with Gasteiger partial charge in [0, 0.05) is 6.04 Å². The van der Waals surface area contributed by atoms with Gasteiger partial charge in [-0.25, -0.2) is 0 Å². The van der Waals surface area contributed by atoms with Crippen molar-refractivity contribution in [1.82, 2.24) is 0 Å². The molecule has 0 aromatic heterocycles. The Morgan fingerprint density at radius 1 is 1.75 bits per heavy atom. The molecule has 48 valence electrons. The van der Waals surface area contributed by atoms with Gasteiger partial charge in [0.15, 0.2) is 0 Å². The first-order valence-electron chi connectivity index (χ1n) is 3.08. The van der Waals surface area contributed by atoms with Crippen molar-refractivity contribution in [3.05, 3.63) is 0 Å². The van der Waals surface area contributed by atoms with Crippen LogP contribution in [0.5, 0.6) is 0 Å². The van der Waals surface area contributed by atoms with E-state index in [-0.39, 0.29) is 6.04 Å². The van der Waals surface area contributed by atoms with Crippen molar-refractivity contribution >= 4 is 0 Å². The van der Waals surface area contributed by atoms with Crippen molar-refractivity contribution in [3.63, 3.8) is 0 Å². The second-order valence-electron chi connectivity index (χ2n) is 3.00. The van der Waals surface area contributed by atoms with Gasteiger partial charge in [-0.05, 0) is 26.2 Å². The van der Waals surface area contributed by atoms with Crippen LogP contribution in [0.4, 0.5) is 0 Å². The molecule has 1 saturated carbocycles. The van der Waals surface area contributed by atoms with Gasteiger partial charge in [0.25, 0.3) is 0 Å². The van der Waals surface area contributed by atoms with Crippen LogP contribution in [0, 0.1) is 0 Å². The lowest BCUT2D eigenvalue weighted by Crippen LogP contribution is -2.23. The first-order valence-corrected chi connectivity index (χ1v) is 3.08. The molecular formula is C6H13NO. The van der Waals surface area contributed by atoms with Gasteiger partial charge in [-0.2, -0.15) is 0 Å². The van der Waals surface area contributed by atoms with Crippen molar-refractivity contribution in [1.29, 1.82) is 0 Å². The van der Waals surface area contributed by atoms with Crippen molar-refractivity contribution < 1.29 is 5.11 Å². The van der Waals surface area contributed by atoms with Crippen LogP contribution in [0.1, 0.15) is 26.2 Å². The highest BCUT2D eigenvalue weighted by atomic mass is 16.3. The zero-order chi connectivity index (χ0) is 6.20. The molecule has 0 aromatic carbocycles. The summed E-state index contributed by atoms with van der Waals surface area (Å²) in [6.07, 6.45) is 2.62. The third-order valence-electron chi connectivity index (χ3n) is 1.76. The van der Waals surface area contributed by atoms with Gasteiger partial charge in [0.1, 0.15) is 0 Å². The highest BCUT2D eigenvalue weighted by Gasteiger charge is 2.30. The second-order valence-corrected chi connectivity index (χ2v) is 3.00. The smallest absolute Gasteiger partial charge is 0.0635 e. The van der Waals surface area contributed by atoms with Gasteiger partial charge >= 0.3 is 0 Å². The maximum Gasteiger partial charge on any atom is 0.0635 e. The van der Waals surface area contributed by atoms with Gasteiger partial charge < -0.3 is 10.8 Å². The molecule has 0 bridgehead atoms. The molecule has 0 unspecified atom stereocenters. The molecule has 0 saturated heterocycles. The van der Waals surface area contributed by atoms with E-state index in [1.807, 2.05) is 6.92 Å². The highest BCUT2D eigenvalue weighted by Crippen LogP contribution is 2.27. The third-order valence-corrected chi connectivity index (χ3v) is 1.76. The van der Waals surface area contributed by atoms with Gasteiger partial charge in [0.2, 0.25) is 0 Å². The Hall–Kier alpha value is -0.0800. The van der Waals surface area contributed by atoms with Crippen LogP contribution < -0.4 is 5.73 Å². The fourth-order valence-electron chi connectivity index (χ4n) is 1.27. The molecule has 0 amide bonds. The minimum Gasteiger partial charge on any atom is -0.390 e. The molecule has 2 heteroatoms. The molecule has 0 aromatic rings. The predicted octanol–water partition coefficient (Wildman–Crippen LogP) is 0.249. The van der Waals surface area contributed by atoms with Gasteiger partial charge in [-0.1, -0.05) is 0 Å². The minimum atomic E-state index is -0.459. The minimum absolute atomic E-state index is 0.241. The summed E-state index contributed by atoms with van der Waals surface area (Å²) < 4.78 is 0. The molecule has 0 aliphatic heterocycles. The van der Waals surface area contributed by atoms with Crippen LogP contribution >= 0.6 is 0 Å². The maximum absolute atomic E-state index is 9.28. The summed E-state index contributed by atoms with van der Waals surface area (Å²) in [7, 11) is 0. The van der Waals surface area contributed by atoms with Crippen molar-refractivity contribution in [2.45, 2.75) is 37.8 Å². The Balaban J connectivity index is 2.44. The zero-order valence-corrected chi connectivity index (χ0v) is 5.22. The largest absolute Gasteiger partial charge is 0.390 e. The van der Waals surface area contributed by atoms with Crippen LogP contribution in [-0.2, 0) is 0 Å². The lowest BCUT2D eigenvalue weighted by molar-refractivity contribution is 0.0667. The van der Waals surface area contributed by atoms with E-state index in [4.69, 9.17) is 5.73 Å². The summed E-state index contributed by atoms with van der Waals surface area (Å²) in [6.45, 7) is 1.85. The topological polar surface area (TPSA) is 46.2 Å². The summed E-state index contributed by atoms with van der Waals surface area (Å²) >= 11 is 0. The summed E-state index contributed by atoms with van der Waals surface area (Å²) in [5.41, 5.74) is 5.09. The Labute approximate surface area is 49.7 Å². The lowest BCUT2D eigenvalue weighted by atomic mass is 10.1. The van der Waals surface area contributed by atoms with Gasteiger partial charge in [-0.3, -0.25) is 0 Å². The number of nitrogens with two attached hydrogens (primary N) is 1. The quantitative estimate of drug-likeness (QED) is 0.475. The molecule has 1 fully saturated rings. The molecule has 0 spiro atoms. The Morgan fingerprint density at radius 2 is 2.38 bits per heavy atom. The van der Waals surface area contributed by atoms with E-state index in [0.29, 0.717) is 0 Å². The van der Waals surface area contributed by atoms with E-state index < -0.39 is 5.60 Å². The van der Waals surface area contributed by atoms with Crippen LogP contribution in [0.15, 0.2) is 0 Å². The second kappa shape index (κ2) is 1.71. The van der Waals surface area contributed by atoms with Crippen LogP contribution in [0.25, 0.3) is 0 Å². The average Bonchev–Trinajstić information content (AvgIpc) is 1.82. The number of aliphatic hydroxyl groups is 1. The SMILES string of the molecule is C[C@@]1(O)CC[C@@H](N)C1. The molecule has 0 radical (unpaired) electrons. The van der Waals surface area contributed by atoms with Crippen LogP contribution in [0.3, 0.4) is 0 Å². The standard InChI is InChI=1S/C6H13NO/c1-6(8)3-2-5(7)4-6/h5,8H,2-4,7H2,1H3/t5-,6-/m1/s1. The van der Waals surface area contributed by atoms with Gasteiger partial charge in [0.05, 0.1) is 5.60 Å². The van der Waals surface area contributed by atoms with Crippen LogP contribution in [-0.4, -0.2) is 16.7 Å². The molecule has 8 heavy (non-hydrogen) atoms. The molecule has 1 aliphatic carbocycles. The highest BCUT2D eigenvalue weighted by molar-refractivity contribution is 4.86. The Morgan fingerprint density at radius 3 is 2.50 bits per heavy atom. The van der Waals surface area contributed by atoms with E-state index in [2.05, 4.69) is 0 Å². The normalized spacial score (nSPS) is 47.6. The molecule has 2 nitrogen and oxygen atoms in total. The number of rotatable bonds is 0. The summed E-state index contributed by atoms with van der Waals surface area (Å²) in [4.78, 5) is 0. The van der Waals surface area contributed by atoms with Crippen molar-refractivity contribution in [2.75, 3.05) is 0 Å². The monoisotopic (exact) mass is 115 g/mol. The first kappa shape index (κ1) is 6.05. The molecular weight excluding hydrogens is 102 g/mol. The molecule has 1 rings (SSSR count). The van der Waals surface area contributed by atoms with E-state index in [9.17, 15) is 5.11 Å². The van der Waals surface area contributed by atoms with Crippen LogP contribution in [0.2, 0.25) is 0 Å². The third kappa shape index (κ3) is 1.20. The Kier molecular flexibility index (Phi) is 1.29. The van der Waals surface area contributed by atoms with E-state index in [1.54, 1.807) is 0 Å². The maximum atomic E-state index is 9.28. The summed E-state index contributed by atoms with van der Waals surface area (Å²) in [5, 5.41) is 9.28. The number of hydrogen-bond donors (Lipinski definition) is 2. The van der Waals surface area contributed by atoms with Gasteiger partial charge in [-0.15, -0.1) is 0 Å². The van der Waals surface area contributed by atoms with Crippen molar-refractivity contribution in [3.8, 4) is 0 Å². The molecule has 2 atom stereocenters.